The number of likely N-dealkylation sites (tertiary alicyclic amines) is 1. The number of azide groups is 1. The largest absolute Gasteiger partial charge is 0.383 e. The lowest BCUT2D eigenvalue weighted by molar-refractivity contribution is -0.128. The molecule has 0 aromatic rings. The fraction of sp³-hybridized carbons (Fsp3) is 0.875. The van der Waals surface area contributed by atoms with E-state index >= 15 is 0 Å². The fourth-order valence-corrected chi connectivity index (χ4v) is 1.55. The van der Waals surface area contributed by atoms with Crippen LogP contribution in [0.1, 0.15) is 6.42 Å². The number of hydrogen-bond acceptors (Lipinski definition) is 3. The van der Waals surface area contributed by atoms with Gasteiger partial charge in [-0.25, -0.2) is 0 Å². The van der Waals surface area contributed by atoms with E-state index in [-0.39, 0.29) is 11.8 Å². The summed E-state index contributed by atoms with van der Waals surface area (Å²) in [6.45, 7) is 2.27. The van der Waals surface area contributed by atoms with Crippen molar-refractivity contribution in [3.8, 4) is 0 Å². The molecule has 78 valence electrons. The molecule has 14 heavy (non-hydrogen) atoms. The summed E-state index contributed by atoms with van der Waals surface area (Å²) in [5.74, 6) is 0.301. The van der Waals surface area contributed by atoms with Crippen molar-refractivity contribution in [2.75, 3.05) is 33.4 Å². The molecule has 0 N–H and O–H groups in total. The van der Waals surface area contributed by atoms with Crippen molar-refractivity contribution < 1.29 is 9.53 Å². The Bertz CT molecular complexity index is 250. The van der Waals surface area contributed by atoms with Gasteiger partial charge >= 0.3 is 0 Å². The molecule has 0 aromatic heterocycles. The quantitative estimate of drug-likeness (QED) is 0.372. The van der Waals surface area contributed by atoms with E-state index in [4.69, 9.17) is 10.3 Å². The molecule has 1 heterocycles. The predicted octanol–water partition coefficient (Wildman–Crippen LogP) is 0.792. The Morgan fingerprint density at radius 1 is 1.79 bits per heavy atom. The molecule has 6 heteroatoms. The third-order valence-electron chi connectivity index (χ3n) is 2.26. The average Bonchev–Trinajstić information content (AvgIpc) is 2.53. The second kappa shape index (κ2) is 5.47. The van der Waals surface area contributed by atoms with Crippen LogP contribution in [0.4, 0.5) is 0 Å². The summed E-state index contributed by atoms with van der Waals surface area (Å²) in [6, 6.07) is 0. The van der Waals surface area contributed by atoms with Crippen LogP contribution in [0.2, 0.25) is 0 Å². The number of hydrogen-bond donors (Lipinski definition) is 0. The molecule has 6 nitrogen and oxygen atoms in total. The fourth-order valence-electron chi connectivity index (χ4n) is 1.55. The van der Waals surface area contributed by atoms with E-state index in [0.29, 0.717) is 32.7 Å². The Labute approximate surface area is 82.5 Å². The minimum Gasteiger partial charge on any atom is -0.383 e. The summed E-state index contributed by atoms with van der Waals surface area (Å²) in [4.78, 5) is 15.8. The van der Waals surface area contributed by atoms with Crippen molar-refractivity contribution in [3.05, 3.63) is 10.4 Å². The number of carbonyl (C=O) groups excluding carboxylic acids is 1. The van der Waals surface area contributed by atoms with Gasteiger partial charge in [-0.1, -0.05) is 5.11 Å². The first kappa shape index (κ1) is 10.8. The van der Waals surface area contributed by atoms with Crippen LogP contribution in [0.5, 0.6) is 0 Å². The van der Waals surface area contributed by atoms with Gasteiger partial charge in [-0.3, -0.25) is 4.79 Å². The van der Waals surface area contributed by atoms with Gasteiger partial charge in [-0.15, -0.1) is 0 Å². The average molecular weight is 198 g/mol. The minimum atomic E-state index is 0.125. The number of ether oxygens (including phenoxy) is 1. The predicted molar refractivity (Wildman–Crippen MR) is 50.6 cm³/mol. The van der Waals surface area contributed by atoms with Gasteiger partial charge in [-0.05, 0) is 11.4 Å². The van der Waals surface area contributed by atoms with Crippen molar-refractivity contribution in [1.29, 1.82) is 0 Å². The molecule has 0 spiro atoms. The molecule has 0 saturated carbocycles. The minimum absolute atomic E-state index is 0.125. The topological polar surface area (TPSA) is 78.3 Å². The second-order valence-electron chi connectivity index (χ2n) is 3.32. The highest BCUT2D eigenvalue weighted by Gasteiger charge is 2.28. The molecule has 0 bridgehead atoms. The van der Waals surface area contributed by atoms with E-state index in [2.05, 4.69) is 10.0 Å². The van der Waals surface area contributed by atoms with Crippen LogP contribution >= 0.6 is 0 Å². The van der Waals surface area contributed by atoms with Gasteiger partial charge < -0.3 is 9.64 Å². The molecule has 0 aromatic carbocycles. The molecular formula is C8H14N4O2. The highest BCUT2D eigenvalue weighted by atomic mass is 16.5. The van der Waals surface area contributed by atoms with Gasteiger partial charge in [0.15, 0.2) is 0 Å². The molecule has 1 rings (SSSR count). The molecule has 0 aliphatic carbocycles. The maximum atomic E-state index is 11.4. The standard InChI is InChI=1S/C8H14N4O2/c1-14-3-2-12-6-7(4-8(12)13)5-10-11-9/h7H,2-6H2,1H3. The summed E-state index contributed by atoms with van der Waals surface area (Å²) in [6.07, 6.45) is 0.489. The van der Waals surface area contributed by atoms with E-state index in [1.54, 1.807) is 12.0 Å². The normalized spacial score (nSPS) is 21.1. The second-order valence-corrected chi connectivity index (χ2v) is 3.32. The van der Waals surface area contributed by atoms with Crippen LogP contribution < -0.4 is 0 Å². The molecular weight excluding hydrogens is 184 g/mol. The first-order valence-electron chi connectivity index (χ1n) is 4.55. The van der Waals surface area contributed by atoms with Crippen molar-refractivity contribution in [1.82, 2.24) is 4.90 Å². The van der Waals surface area contributed by atoms with E-state index < -0.39 is 0 Å². The van der Waals surface area contributed by atoms with E-state index in [1.807, 2.05) is 0 Å². The smallest absolute Gasteiger partial charge is 0.223 e. The number of nitrogens with zero attached hydrogens (tertiary/aromatic N) is 4. The Hall–Kier alpha value is -1.26. The van der Waals surface area contributed by atoms with E-state index in [1.165, 1.54) is 0 Å². The van der Waals surface area contributed by atoms with Crippen LogP contribution in [-0.2, 0) is 9.53 Å². The summed E-state index contributed by atoms with van der Waals surface area (Å²) in [5.41, 5.74) is 8.14. The highest BCUT2D eigenvalue weighted by molar-refractivity contribution is 5.78. The third-order valence-corrected chi connectivity index (χ3v) is 2.26. The number of carbonyl (C=O) groups is 1. The van der Waals surface area contributed by atoms with Gasteiger partial charge in [0.05, 0.1) is 6.61 Å². The summed E-state index contributed by atoms with van der Waals surface area (Å²) in [5, 5.41) is 3.47. The Balaban J connectivity index is 2.35. The summed E-state index contributed by atoms with van der Waals surface area (Å²) >= 11 is 0. The Kier molecular flexibility index (Phi) is 4.22. The number of rotatable bonds is 5. The van der Waals surface area contributed by atoms with Gasteiger partial charge in [-0.2, -0.15) is 0 Å². The van der Waals surface area contributed by atoms with Crippen molar-refractivity contribution in [2.45, 2.75) is 6.42 Å². The molecule has 1 fully saturated rings. The molecule has 1 saturated heterocycles. The van der Waals surface area contributed by atoms with Crippen LogP contribution in [0.3, 0.4) is 0 Å². The SMILES string of the molecule is COCCN1CC(CN=[N+]=[N-])CC1=O. The molecule has 0 radical (unpaired) electrons. The Morgan fingerprint density at radius 3 is 3.21 bits per heavy atom. The Morgan fingerprint density at radius 2 is 2.57 bits per heavy atom. The van der Waals surface area contributed by atoms with Crippen molar-refractivity contribution >= 4 is 5.91 Å². The van der Waals surface area contributed by atoms with Gasteiger partial charge in [0.25, 0.3) is 0 Å². The lowest BCUT2D eigenvalue weighted by Gasteiger charge is -2.15. The molecule has 1 amide bonds. The van der Waals surface area contributed by atoms with E-state index in [0.717, 1.165) is 0 Å². The van der Waals surface area contributed by atoms with Crippen LogP contribution in [0, 0.1) is 5.92 Å². The highest BCUT2D eigenvalue weighted by Crippen LogP contribution is 2.17. The third kappa shape index (κ3) is 2.90. The summed E-state index contributed by atoms with van der Waals surface area (Å²) < 4.78 is 4.89. The zero-order chi connectivity index (χ0) is 10.4. The maximum absolute atomic E-state index is 11.4. The van der Waals surface area contributed by atoms with Gasteiger partial charge in [0, 0.05) is 38.1 Å². The first-order chi connectivity index (χ1) is 6.77. The summed E-state index contributed by atoms with van der Waals surface area (Å²) in [7, 11) is 1.61. The number of amides is 1. The van der Waals surface area contributed by atoms with Crippen molar-refractivity contribution in [3.63, 3.8) is 0 Å². The monoisotopic (exact) mass is 198 g/mol. The molecule has 1 unspecified atom stereocenters. The zero-order valence-electron chi connectivity index (χ0n) is 8.22. The zero-order valence-corrected chi connectivity index (χ0v) is 8.22. The first-order valence-corrected chi connectivity index (χ1v) is 4.55. The van der Waals surface area contributed by atoms with Crippen LogP contribution in [0.15, 0.2) is 5.11 Å². The molecule has 1 aliphatic rings. The van der Waals surface area contributed by atoms with E-state index in [9.17, 15) is 4.79 Å². The lowest BCUT2D eigenvalue weighted by atomic mass is 10.1. The van der Waals surface area contributed by atoms with Gasteiger partial charge in [0.1, 0.15) is 0 Å². The van der Waals surface area contributed by atoms with Crippen LogP contribution in [-0.4, -0.2) is 44.2 Å². The molecule has 1 aliphatic heterocycles. The lowest BCUT2D eigenvalue weighted by Crippen LogP contribution is -2.28. The number of methoxy groups -OCH3 is 1. The molecule has 1 atom stereocenters. The maximum Gasteiger partial charge on any atom is 0.223 e. The van der Waals surface area contributed by atoms with Crippen LogP contribution in [0.25, 0.3) is 10.4 Å². The van der Waals surface area contributed by atoms with Gasteiger partial charge in [0.2, 0.25) is 5.91 Å². The van der Waals surface area contributed by atoms with Crippen molar-refractivity contribution in [2.24, 2.45) is 11.0 Å².